The summed E-state index contributed by atoms with van der Waals surface area (Å²) in [7, 11) is 0. The molecule has 1 aliphatic carbocycles. The van der Waals surface area contributed by atoms with Gasteiger partial charge >= 0.3 is 5.97 Å². The fraction of sp³-hybridized carbons (Fsp3) is 0.421. The van der Waals surface area contributed by atoms with Crippen LogP contribution in [0.1, 0.15) is 38.2 Å². The van der Waals surface area contributed by atoms with E-state index in [-0.39, 0.29) is 17.5 Å². The second-order valence-corrected chi connectivity index (χ2v) is 6.27. The van der Waals surface area contributed by atoms with Gasteiger partial charge in [0.1, 0.15) is 17.4 Å². The Morgan fingerprint density at radius 2 is 2.16 bits per heavy atom. The van der Waals surface area contributed by atoms with Crippen LogP contribution in [0.25, 0.3) is 6.08 Å². The van der Waals surface area contributed by atoms with Gasteiger partial charge in [-0.15, -0.1) is 0 Å². The molecule has 0 bridgehead atoms. The number of hydrogen-bond acceptors (Lipinski definition) is 4. The topological polar surface area (TPSA) is 99.4 Å². The zero-order chi connectivity index (χ0) is 18.2. The molecule has 2 atom stereocenters. The lowest BCUT2D eigenvalue weighted by Gasteiger charge is -2.29. The minimum absolute atomic E-state index is 0.0214. The molecule has 1 saturated carbocycles. The van der Waals surface area contributed by atoms with E-state index in [1.165, 1.54) is 12.5 Å². The predicted molar refractivity (Wildman–Crippen MR) is 92.7 cm³/mol. The third-order valence-electron chi connectivity index (χ3n) is 4.32. The largest absolute Gasteiger partial charge is 0.482 e. The van der Waals surface area contributed by atoms with Gasteiger partial charge in [0, 0.05) is 6.04 Å². The smallest absolute Gasteiger partial charge is 0.341 e. The van der Waals surface area contributed by atoms with Gasteiger partial charge in [0.2, 0.25) is 0 Å². The zero-order valence-corrected chi connectivity index (χ0v) is 14.2. The van der Waals surface area contributed by atoms with E-state index in [1.807, 2.05) is 6.07 Å². The van der Waals surface area contributed by atoms with Crippen LogP contribution in [0.4, 0.5) is 0 Å². The van der Waals surface area contributed by atoms with E-state index in [2.05, 4.69) is 12.2 Å². The van der Waals surface area contributed by atoms with E-state index in [4.69, 9.17) is 9.84 Å². The number of nitrogens with zero attached hydrogens (tertiary/aromatic N) is 1. The van der Waals surface area contributed by atoms with Crippen molar-refractivity contribution in [3.63, 3.8) is 0 Å². The highest BCUT2D eigenvalue weighted by Gasteiger charge is 2.24. The molecule has 1 aliphatic rings. The van der Waals surface area contributed by atoms with Gasteiger partial charge in [-0.25, -0.2) is 4.79 Å². The highest BCUT2D eigenvalue weighted by Crippen LogP contribution is 2.24. The van der Waals surface area contributed by atoms with E-state index in [0.717, 1.165) is 19.3 Å². The maximum absolute atomic E-state index is 12.4. The second kappa shape index (κ2) is 8.88. The van der Waals surface area contributed by atoms with Gasteiger partial charge in [0.25, 0.3) is 5.91 Å². The molecule has 25 heavy (non-hydrogen) atoms. The molecule has 6 heteroatoms. The van der Waals surface area contributed by atoms with Crippen molar-refractivity contribution < 1.29 is 19.4 Å². The summed E-state index contributed by atoms with van der Waals surface area (Å²) in [6.07, 6.45) is 5.77. The summed E-state index contributed by atoms with van der Waals surface area (Å²) in [6.45, 7) is 1.67. The van der Waals surface area contributed by atoms with Crippen LogP contribution in [0.3, 0.4) is 0 Å². The molecule has 132 valence electrons. The third kappa shape index (κ3) is 5.64. The van der Waals surface area contributed by atoms with Crippen molar-refractivity contribution in [3.05, 3.63) is 35.4 Å². The van der Waals surface area contributed by atoms with Crippen LogP contribution in [0.2, 0.25) is 0 Å². The summed E-state index contributed by atoms with van der Waals surface area (Å²) in [5, 5.41) is 20.9. The summed E-state index contributed by atoms with van der Waals surface area (Å²) in [5.74, 6) is -0.669. The highest BCUT2D eigenvalue weighted by atomic mass is 16.5. The van der Waals surface area contributed by atoms with Crippen molar-refractivity contribution in [2.24, 2.45) is 5.92 Å². The van der Waals surface area contributed by atoms with Crippen molar-refractivity contribution in [1.82, 2.24) is 5.32 Å². The molecule has 0 heterocycles. The average molecular weight is 342 g/mol. The standard InChI is InChI=1S/C19H22N2O4/c1-13-5-2-3-8-17(13)21-19(24)15(11-20)9-14-6-4-7-16(10-14)25-12-18(22)23/h4,6-7,9-10,13,17H,2-3,5,8,12H2,1H3,(H,21,24)(H,22,23)/b15-9+/t13-,17-/m1/s1. The Kier molecular flexibility index (Phi) is 6.58. The van der Waals surface area contributed by atoms with Gasteiger partial charge in [0.15, 0.2) is 6.61 Å². The lowest BCUT2D eigenvalue weighted by Crippen LogP contribution is -2.41. The zero-order valence-electron chi connectivity index (χ0n) is 14.2. The number of carbonyl (C=O) groups excluding carboxylic acids is 1. The summed E-state index contributed by atoms with van der Waals surface area (Å²) < 4.78 is 5.11. The molecule has 0 radical (unpaired) electrons. The Hall–Kier alpha value is -2.81. The van der Waals surface area contributed by atoms with Gasteiger partial charge in [0.05, 0.1) is 0 Å². The van der Waals surface area contributed by atoms with Gasteiger partial charge in [-0.05, 0) is 42.5 Å². The number of aliphatic carboxylic acids is 1. The highest BCUT2D eigenvalue weighted by molar-refractivity contribution is 6.01. The molecule has 1 amide bonds. The molecule has 6 nitrogen and oxygen atoms in total. The molecule has 0 aromatic heterocycles. The molecule has 1 aromatic rings. The number of carboxylic acids is 1. The van der Waals surface area contributed by atoms with Crippen molar-refractivity contribution in [2.75, 3.05) is 6.61 Å². The third-order valence-corrected chi connectivity index (χ3v) is 4.32. The summed E-state index contributed by atoms with van der Waals surface area (Å²) in [6, 6.07) is 8.66. The van der Waals surface area contributed by atoms with Crippen LogP contribution in [0, 0.1) is 17.2 Å². The number of carboxylic acid groups (broad SMARTS) is 1. The summed E-state index contributed by atoms with van der Waals surface area (Å²) in [4.78, 5) is 22.9. The number of nitriles is 1. The lowest BCUT2D eigenvalue weighted by atomic mass is 9.86. The van der Waals surface area contributed by atoms with Crippen molar-refractivity contribution >= 4 is 18.0 Å². The number of nitrogens with one attached hydrogen (secondary N) is 1. The first-order valence-electron chi connectivity index (χ1n) is 8.37. The van der Waals surface area contributed by atoms with E-state index >= 15 is 0 Å². The molecule has 1 fully saturated rings. The minimum atomic E-state index is -1.07. The number of hydrogen-bond donors (Lipinski definition) is 2. The molecule has 0 unspecified atom stereocenters. The predicted octanol–water partition coefficient (Wildman–Crippen LogP) is 2.75. The number of benzene rings is 1. The van der Waals surface area contributed by atoms with E-state index in [0.29, 0.717) is 17.2 Å². The lowest BCUT2D eigenvalue weighted by molar-refractivity contribution is -0.139. The first kappa shape index (κ1) is 18.5. The molecular formula is C19H22N2O4. The van der Waals surface area contributed by atoms with Gasteiger partial charge in [-0.1, -0.05) is 31.9 Å². The van der Waals surface area contributed by atoms with E-state index < -0.39 is 12.6 Å². The minimum Gasteiger partial charge on any atom is -0.482 e. The van der Waals surface area contributed by atoms with Crippen LogP contribution in [-0.2, 0) is 9.59 Å². The number of carbonyl (C=O) groups is 2. The van der Waals surface area contributed by atoms with Crippen LogP contribution >= 0.6 is 0 Å². The number of rotatable bonds is 6. The van der Waals surface area contributed by atoms with Gasteiger partial charge in [-0.3, -0.25) is 4.79 Å². The molecular weight excluding hydrogens is 320 g/mol. The maximum Gasteiger partial charge on any atom is 0.341 e. The molecule has 0 aliphatic heterocycles. The Morgan fingerprint density at radius 3 is 2.84 bits per heavy atom. The Labute approximate surface area is 147 Å². The van der Waals surface area contributed by atoms with Crippen LogP contribution in [-0.4, -0.2) is 29.6 Å². The monoisotopic (exact) mass is 342 g/mol. The van der Waals surface area contributed by atoms with Crippen LogP contribution < -0.4 is 10.1 Å². The number of amides is 1. The fourth-order valence-corrected chi connectivity index (χ4v) is 2.93. The van der Waals surface area contributed by atoms with Gasteiger partial charge in [-0.2, -0.15) is 5.26 Å². The summed E-state index contributed by atoms with van der Waals surface area (Å²) in [5.41, 5.74) is 0.624. The van der Waals surface area contributed by atoms with Crippen molar-refractivity contribution in [3.8, 4) is 11.8 Å². The Morgan fingerprint density at radius 1 is 1.40 bits per heavy atom. The fourth-order valence-electron chi connectivity index (χ4n) is 2.93. The van der Waals surface area contributed by atoms with Crippen molar-refractivity contribution in [2.45, 2.75) is 38.6 Å². The van der Waals surface area contributed by atoms with Crippen LogP contribution in [0.5, 0.6) is 5.75 Å². The first-order valence-corrected chi connectivity index (χ1v) is 8.37. The molecule has 2 rings (SSSR count). The Balaban J connectivity index is 2.08. The van der Waals surface area contributed by atoms with E-state index in [1.54, 1.807) is 24.3 Å². The quantitative estimate of drug-likeness (QED) is 0.612. The first-order chi connectivity index (χ1) is 12.0. The molecule has 2 N–H and O–H groups in total. The average Bonchev–Trinajstić information content (AvgIpc) is 2.60. The maximum atomic E-state index is 12.4. The molecule has 0 saturated heterocycles. The van der Waals surface area contributed by atoms with Gasteiger partial charge < -0.3 is 15.2 Å². The second-order valence-electron chi connectivity index (χ2n) is 6.27. The van der Waals surface area contributed by atoms with E-state index in [9.17, 15) is 14.9 Å². The van der Waals surface area contributed by atoms with Crippen LogP contribution in [0.15, 0.2) is 29.8 Å². The van der Waals surface area contributed by atoms with Crippen molar-refractivity contribution in [1.29, 1.82) is 5.26 Å². The molecule has 0 spiro atoms. The normalized spacial score (nSPS) is 20.4. The Bertz CT molecular complexity index is 706. The molecule has 1 aromatic carbocycles. The number of ether oxygens (including phenoxy) is 1. The SMILES string of the molecule is C[C@@H]1CCCC[C@H]1NC(=O)/C(C#N)=C/c1cccc(OCC(=O)O)c1. The summed E-state index contributed by atoms with van der Waals surface area (Å²) >= 11 is 0.